The number of hydrogen-bond acceptors (Lipinski definition) is 12. The van der Waals surface area contributed by atoms with Crippen molar-refractivity contribution in [2.24, 2.45) is 0 Å². The van der Waals surface area contributed by atoms with Crippen molar-refractivity contribution in [1.29, 1.82) is 0 Å². The van der Waals surface area contributed by atoms with E-state index in [0.717, 1.165) is 0 Å². The lowest BCUT2D eigenvalue weighted by atomic mass is 10.0. The van der Waals surface area contributed by atoms with Crippen LogP contribution in [0.1, 0.15) is 26.5 Å². The number of fused-ring (bicyclic) bond motifs is 1. The van der Waals surface area contributed by atoms with Crippen LogP contribution >= 0.6 is 23.5 Å². The molecule has 3 heterocycles. The van der Waals surface area contributed by atoms with Gasteiger partial charge < -0.3 is 34.8 Å². The molecular formula is C13H21FN5O12P3. The van der Waals surface area contributed by atoms with Crippen LogP contribution in [0.2, 0.25) is 0 Å². The number of nitrogen functional groups attached to an aromatic ring is 1. The molecule has 0 spiro atoms. The van der Waals surface area contributed by atoms with E-state index in [-0.39, 0.29) is 36.0 Å². The second-order valence-corrected chi connectivity index (χ2v) is 11.5. The van der Waals surface area contributed by atoms with Crippen molar-refractivity contribution in [3.05, 3.63) is 6.33 Å². The molecule has 2 aromatic heterocycles. The average Bonchev–Trinajstić information content (AvgIpc) is 3.17. The van der Waals surface area contributed by atoms with Gasteiger partial charge in [0.25, 0.3) is 0 Å². The highest BCUT2D eigenvalue weighted by atomic mass is 31.3. The van der Waals surface area contributed by atoms with Crippen molar-refractivity contribution in [3.63, 3.8) is 0 Å². The third-order valence-electron chi connectivity index (χ3n) is 4.24. The predicted molar refractivity (Wildman–Crippen MR) is 109 cm³/mol. The van der Waals surface area contributed by atoms with Gasteiger partial charge >= 0.3 is 23.5 Å². The average molecular weight is 551 g/mol. The fraction of sp³-hybridized carbons (Fsp3) is 0.615. The summed E-state index contributed by atoms with van der Waals surface area (Å²) in [5, 5.41) is 0. The van der Waals surface area contributed by atoms with Gasteiger partial charge in [0.05, 0.1) is 25.6 Å². The van der Waals surface area contributed by atoms with Gasteiger partial charge in [-0.1, -0.05) is 0 Å². The molecule has 2 unspecified atom stereocenters. The van der Waals surface area contributed by atoms with Crippen LogP contribution in [-0.4, -0.2) is 64.1 Å². The first-order chi connectivity index (χ1) is 15.5. The molecule has 1 saturated heterocycles. The maximum Gasteiger partial charge on any atom is 0.490 e. The third-order valence-corrected chi connectivity index (χ3v) is 8.05. The van der Waals surface area contributed by atoms with Crippen LogP contribution in [0.4, 0.5) is 10.3 Å². The van der Waals surface area contributed by atoms with Crippen LogP contribution in [0.15, 0.2) is 6.33 Å². The van der Waals surface area contributed by atoms with E-state index in [1.165, 1.54) is 17.8 Å². The van der Waals surface area contributed by atoms with Gasteiger partial charge in [-0.25, -0.2) is 23.1 Å². The number of nitrogens with two attached hydrogens (primary N) is 1. The Balaban J connectivity index is 1.74. The molecule has 21 heteroatoms. The number of hydrogen-bond donors (Lipinski definition) is 5. The highest BCUT2D eigenvalue weighted by Gasteiger charge is 2.49. The van der Waals surface area contributed by atoms with E-state index in [1.807, 2.05) is 0 Å². The van der Waals surface area contributed by atoms with Gasteiger partial charge in [-0.3, -0.25) is 9.09 Å². The Labute approximate surface area is 190 Å². The first-order valence-electron chi connectivity index (χ1n) is 9.27. The Kier molecular flexibility index (Phi) is 7.54. The second kappa shape index (κ2) is 9.48. The summed E-state index contributed by atoms with van der Waals surface area (Å²) in [4.78, 5) is 47.9. The zero-order chi connectivity index (χ0) is 25.5. The van der Waals surface area contributed by atoms with Crippen molar-refractivity contribution >= 4 is 40.6 Å². The molecule has 1 aliphatic heterocycles. The molecule has 2 aromatic rings. The molecule has 17 nitrogen and oxygen atoms in total. The molecule has 3 rings (SSSR count). The number of ether oxygens (including phenoxy) is 2. The number of anilines is 1. The van der Waals surface area contributed by atoms with E-state index in [4.69, 9.17) is 25.0 Å². The van der Waals surface area contributed by atoms with Crippen LogP contribution in [0, 0.1) is 0 Å². The molecule has 0 amide bonds. The summed E-state index contributed by atoms with van der Waals surface area (Å²) in [5.74, 6) is -0.0908. The maximum atomic E-state index is 15.4. The van der Waals surface area contributed by atoms with Crippen molar-refractivity contribution < 1.29 is 60.3 Å². The second-order valence-electron chi connectivity index (χ2n) is 7.12. The molecule has 0 bridgehead atoms. The molecule has 5 atom stereocenters. The number of imidazole rings is 1. The minimum absolute atomic E-state index is 0.0755. The summed E-state index contributed by atoms with van der Waals surface area (Å²) in [5.41, 5.74) is 3.89. The molecule has 1 fully saturated rings. The minimum atomic E-state index is -5.68. The normalized spacial score (nSPS) is 26.9. The van der Waals surface area contributed by atoms with Gasteiger partial charge in [-0.15, -0.1) is 0 Å². The number of rotatable bonds is 10. The molecule has 0 radical (unpaired) electrons. The molecule has 192 valence electrons. The quantitative estimate of drug-likeness (QED) is 0.260. The van der Waals surface area contributed by atoms with Gasteiger partial charge in [0, 0.05) is 6.42 Å². The van der Waals surface area contributed by atoms with Crippen LogP contribution in [0.3, 0.4) is 0 Å². The molecule has 34 heavy (non-hydrogen) atoms. The third kappa shape index (κ3) is 6.56. The van der Waals surface area contributed by atoms with Crippen molar-refractivity contribution in [3.8, 4) is 5.88 Å². The highest BCUT2D eigenvalue weighted by Crippen LogP contribution is 2.66. The molecule has 0 aromatic carbocycles. The summed E-state index contributed by atoms with van der Waals surface area (Å²) in [6.07, 6.45) is -1.68. The zero-order valence-electron chi connectivity index (χ0n) is 17.5. The molecule has 0 aliphatic carbocycles. The number of alkyl halides is 1. The Morgan fingerprint density at radius 1 is 1.24 bits per heavy atom. The maximum absolute atomic E-state index is 15.4. The lowest BCUT2D eigenvalue weighted by Gasteiger charge is -2.22. The smallest absolute Gasteiger partial charge is 0.476 e. The van der Waals surface area contributed by atoms with E-state index in [0.29, 0.717) is 0 Å². The highest BCUT2D eigenvalue weighted by molar-refractivity contribution is 7.66. The van der Waals surface area contributed by atoms with Crippen molar-refractivity contribution in [2.45, 2.75) is 38.3 Å². The first kappa shape index (κ1) is 27.0. The van der Waals surface area contributed by atoms with E-state index >= 15 is 4.39 Å². The fourth-order valence-corrected chi connectivity index (χ4v) is 6.22. The van der Waals surface area contributed by atoms with Gasteiger partial charge in [-0.2, -0.15) is 18.6 Å². The number of aromatic nitrogens is 4. The van der Waals surface area contributed by atoms with Crippen molar-refractivity contribution in [2.75, 3.05) is 18.9 Å². The SMILES string of the molecule is CCOc1nc(N)nc2c1ncn2[C@@H]1O[C@H](COP(=O)(O)OP(=O)(O)OP(=O)(O)O)C[C@@]1(C)F. The standard InChI is InChI=1S/C13H21FN5O12P3/c1-3-27-10-8-9(17-12(15)18-10)19(6-16-8)11-13(2,14)4-7(29-11)5-28-33(23,24)31-34(25,26)30-32(20,21)22/h6-7,11H,3-5H2,1-2H3,(H,23,24)(H,25,26)(H2,15,17,18)(H2,20,21,22)/t7-,11+,13+/m0/s1. The lowest BCUT2D eigenvalue weighted by Crippen LogP contribution is -2.27. The lowest BCUT2D eigenvalue weighted by molar-refractivity contribution is -0.0559. The van der Waals surface area contributed by atoms with Gasteiger partial charge in [-0.05, 0) is 13.8 Å². The Morgan fingerprint density at radius 3 is 2.53 bits per heavy atom. The fourth-order valence-electron chi connectivity index (χ4n) is 3.17. The number of phosphoric ester groups is 1. The summed E-state index contributed by atoms with van der Waals surface area (Å²) in [6.45, 7) is 2.33. The van der Waals surface area contributed by atoms with Crippen LogP contribution in [0.5, 0.6) is 5.88 Å². The molecule has 6 N–H and O–H groups in total. The largest absolute Gasteiger partial charge is 0.490 e. The Bertz CT molecular complexity index is 1200. The minimum Gasteiger partial charge on any atom is -0.476 e. The van der Waals surface area contributed by atoms with E-state index in [2.05, 4.69) is 28.1 Å². The molecular weight excluding hydrogens is 530 g/mol. The summed E-state index contributed by atoms with van der Waals surface area (Å²) >= 11 is 0. The number of halogens is 1. The van der Waals surface area contributed by atoms with Crippen LogP contribution in [-0.2, 0) is 31.6 Å². The zero-order valence-corrected chi connectivity index (χ0v) is 20.2. The van der Waals surface area contributed by atoms with E-state index in [9.17, 15) is 23.5 Å². The Morgan fingerprint density at radius 2 is 1.91 bits per heavy atom. The summed E-state index contributed by atoms with van der Waals surface area (Å²) < 4.78 is 73.2. The van der Waals surface area contributed by atoms with Crippen LogP contribution in [0.25, 0.3) is 11.2 Å². The summed E-state index contributed by atoms with van der Waals surface area (Å²) in [7, 11) is -16.6. The number of phosphoric acid groups is 3. The Hall–Kier alpha value is -1.55. The van der Waals surface area contributed by atoms with Gasteiger partial charge in [0.15, 0.2) is 23.1 Å². The molecule has 1 aliphatic rings. The topological polar surface area (TPSA) is 248 Å². The van der Waals surface area contributed by atoms with Crippen molar-refractivity contribution in [1.82, 2.24) is 19.5 Å². The van der Waals surface area contributed by atoms with Gasteiger partial charge in [0.2, 0.25) is 11.8 Å². The van der Waals surface area contributed by atoms with Crippen LogP contribution < -0.4 is 10.5 Å². The monoisotopic (exact) mass is 551 g/mol. The van der Waals surface area contributed by atoms with Gasteiger partial charge in [0.1, 0.15) is 0 Å². The summed E-state index contributed by atoms with van der Waals surface area (Å²) in [6, 6.07) is 0. The molecule has 0 saturated carbocycles. The van der Waals surface area contributed by atoms with E-state index in [1.54, 1.807) is 6.92 Å². The van der Waals surface area contributed by atoms with E-state index < -0.39 is 48.1 Å². The predicted octanol–water partition coefficient (Wildman–Crippen LogP) is 1.17. The first-order valence-corrected chi connectivity index (χ1v) is 13.8. The number of nitrogens with zero attached hydrogens (tertiary/aromatic N) is 4.